The Morgan fingerprint density at radius 1 is 1.22 bits per heavy atom. The van der Waals surface area contributed by atoms with Gasteiger partial charge in [0.1, 0.15) is 0 Å². The van der Waals surface area contributed by atoms with Gasteiger partial charge in [-0.2, -0.15) is 0 Å². The molecule has 0 atom stereocenters. The van der Waals surface area contributed by atoms with Crippen molar-refractivity contribution in [3.63, 3.8) is 0 Å². The van der Waals surface area contributed by atoms with Crippen molar-refractivity contribution in [1.82, 2.24) is 0 Å². The lowest BCUT2D eigenvalue weighted by molar-refractivity contribution is 0.0583. The van der Waals surface area contributed by atoms with Crippen LogP contribution in [0.1, 0.15) is 20.7 Å². The maximum atomic E-state index is 11.6. The molecule has 0 amide bonds. The molecular formula is C13H9BrO4. The molecule has 0 unspecified atom stereocenters. The number of ether oxygens (including phenoxy) is 1. The van der Waals surface area contributed by atoms with Gasteiger partial charge in [0.25, 0.3) is 0 Å². The minimum absolute atomic E-state index is 0.0515. The van der Waals surface area contributed by atoms with Crippen LogP contribution in [0.4, 0.5) is 0 Å². The van der Waals surface area contributed by atoms with Gasteiger partial charge in [0.15, 0.2) is 0 Å². The van der Waals surface area contributed by atoms with E-state index in [-0.39, 0.29) is 11.1 Å². The number of methoxy groups -OCH3 is 1. The van der Waals surface area contributed by atoms with Crippen molar-refractivity contribution in [2.75, 3.05) is 7.11 Å². The molecule has 0 aliphatic heterocycles. The van der Waals surface area contributed by atoms with Crippen LogP contribution in [0.5, 0.6) is 0 Å². The highest BCUT2D eigenvalue weighted by molar-refractivity contribution is 9.10. The average Bonchev–Trinajstić information content (AvgIpc) is 2.36. The number of halogens is 1. The molecule has 1 N–H and O–H groups in total. The Kier molecular flexibility index (Phi) is 3.34. The topological polar surface area (TPSA) is 63.6 Å². The molecule has 0 heterocycles. The van der Waals surface area contributed by atoms with Gasteiger partial charge in [0.2, 0.25) is 0 Å². The minimum Gasteiger partial charge on any atom is -0.478 e. The zero-order chi connectivity index (χ0) is 13.3. The second-order valence-corrected chi connectivity index (χ2v) is 4.51. The maximum Gasteiger partial charge on any atom is 0.338 e. The molecule has 0 aliphatic rings. The fourth-order valence-corrected chi connectivity index (χ4v) is 2.24. The summed E-state index contributed by atoms with van der Waals surface area (Å²) < 4.78 is 5.37. The molecule has 0 radical (unpaired) electrons. The van der Waals surface area contributed by atoms with E-state index in [2.05, 4.69) is 20.7 Å². The number of carboxylic acid groups (broad SMARTS) is 1. The Hall–Kier alpha value is -1.88. The number of aromatic carboxylic acids is 1. The van der Waals surface area contributed by atoms with Gasteiger partial charge in [-0.15, -0.1) is 0 Å². The number of benzene rings is 2. The van der Waals surface area contributed by atoms with Crippen molar-refractivity contribution < 1.29 is 19.4 Å². The Balaban J connectivity index is 2.81. The first kappa shape index (κ1) is 12.6. The molecule has 5 heteroatoms. The summed E-state index contributed by atoms with van der Waals surface area (Å²) in [6, 6.07) is 8.42. The molecule has 2 aromatic carbocycles. The zero-order valence-corrected chi connectivity index (χ0v) is 11.0. The van der Waals surface area contributed by atoms with Crippen LogP contribution in [0.2, 0.25) is 0 Å². The number of carbonyl (C=O) groups is 2. The molecule has 18 heavy (non-hydrogen) atoms. The summed E-state index contributed by atoms with van der Waals surface area (Å²) in [7, 11) is 1.22. The zero-order valence-electron chi connectivity index (χ0n) is 9.44. The normalized spacial score (nSPS) is 10.3. The van der Waals surface area contributed by atoms with E-state index in [4.69, 9.17) is 5.11 Å². The second-order valence-electron chi connectivity index (χ2n) is 3.66. The van der Waals surface area contributed by atoms with Crippen LogP contribution in [0.15, 0.2) is 34.8 Å². The van der Waals surface area contributed by atoms with Crippen molar-refractivity contribution in [2.45, 2.75) is 0 Å². The van der Waals surface area contributed by atoms with Crippen molar-refractivity contribution in [3.05, 3.63) is 45.9 Å². The van der Waals surface area contributed by atoms with E-state index in [1.807, 2.05) is 12.1 Å². The fraction of sp³-hybridized carbons (Fsp3) is 0.0769. The monoisotopic (exact) mass is 308 g/mol. The first-order valence-corrected chi connectivity index (χ1v) is 5.87. The summed E-state index contributed by atoms with van der Waals surface area (Å²) in [4.78, 5) is 22.7. The van der Waals surface area contributed by atoms with Gasteiger partial charge in [-0.05, 0) is 29.0 Å². The highest BCUT2D eigenvalue weighted by Crippen LogP contribution is 2.27. The highest BCUT2D eigenvalue weighted by atomic mass is 79.9. The summed E-state index contributed by atoms with van der Waals surface area (Å²) in [6.07, 6.45) is 0. The minimum atomic E-state index is -1.16. The number of rotatable bonds is 2. The molecule has 0 fully saturated rings. The Morgan fingerprint density at radius 2 is 1.94 bits per heavy atom. The fourth-order valence-electron chi connectivity index (χ4n) is 1.74. The van der Waals surface area contributed by atoms with Crippen LogP contribution in [0.3, 0.4) is 0 Å². The second kappa shape index (κ2) is 4.78. The van der Waals surface area contributed by atoms with Gasteiger partial charge in [-0.1, -0.05) is 28.1 Å². The molecule has 0 aromatic heterocycles. The molecule has 4 nitrogen and oxygen atoms in total. The molecule has 0 saturated carbocycles. The van der Waals surface area contributed by atoms with Crippen molar-refractivity contribution >= 4 is 38.6 Å². The van der Waals surface area contributed by atoms with Crippen LogP contribution >= 0.6 is 15.9 Å². The Morgan fingerprint density at radius 3 is 2.56 bits per heavy atom. The predicted octanol–water partition coefficient (Wildman–Crippen LogP) is 3.09. The molecule has 0 saturated heterocycles. The lowest BCUT2D eigenvalue weighted by Gasteiger charge is -2.07. The van der Waals surface area contributed by atoms with Gasteiger partial charge in [-0.25, -0.2) is 9.59 Å². The number of hydrogen-bond acceptors (Lipinski definition) is 3. The van der Waals surface area contributed by atoms with E-state index >= 15 is 0 Å². The molecule has 92 valence electrons. The van der Waals surface area contributed by atoms with Crippen molar-refractivity contribution in [3.8, 4) is 0 Å². The maximum absolute atomic E-state index is 11.6. The van der Waals surface area contributed by atoms with E-state index in [0.717, 1.165) is 15.2 Å². The quantitative estimate of drug-likeness (QED) is 0.866. The lowest BCUT2D eigenvalue weighted by Crippen LogP contribution is -2.10. The number of esters is 1. The van der Waals surface area contributed by atoms with E-state index < -0.39 is 11.9 Å². The largest absolute Gasteiger partial charge is 0.478 e. The predicted molar refractivity (Wildman–Crippen MR) is 69.9 cm³/mol. The standard InChI is InChI=1S/C13H9BrO4/c1-18-13(17)10-5-7-3-2-4-11(14)8(7)6-9(10)12(15)16/h2-6H,1H3,(H,15,16). The van der Waals surface area contributed by atoms with E-state index in [1.54, 1.807) is 6.07 Å². The first-order chi connectivity index (χ1) is 8.54. The van der Waals surface area contributed by atoms with Gasteiger partial charge in [-0.3, -0.25) is 0 Å². The lowest BCUT2D eigenvalue weighted by atomic mass is 10.0. The van der Waals surface area contributed by atoms with Crippen molar-refractivity contribution in [2.24, 2.45) is 0 Å². The summed E-state index contributed by atoms with van der Waals surface area (Å²) >= 11 is 3.35. The van der Waals surface area contributed by atoms with Crippen molar-refractivity contribution in [1.29, 1.82) is 0 Å². The van der Waals surface area contributed by atoms with Crippen LogP contribution < -0.4 is 0 Å². The highest BCUT2D eigenvalue weighted by Gasteiger charge is 2.18. The molecule has 0 spiro atoms. The van der Waals surface area contributed by atoms with Crippen LogP contribution in [-0.2, 0) is 4.74 Å². The van der Waals surface area contributed by atoms with Crippen LogP contribution in [-0.4, -0.2) is 24.2 Å². The average molecular weight is 309 g/mol. The first-order valence-electron chi connectivity index (χ1n) is 5.08. The molecule has 2 rings (SSSR count). The molecule has 2 aromatic rings. The Bertz CT molecular complexity index is 649. The molecule has 0 aliphatic carbocycles. The molecule has 0 bridgehead atoms. The van der Waals surface area contributed by atoms with Gasteiger partial charge in [0, 0.05) is 4.47 Å². The third kappa shape index (κ3) is 2.09. The van der Waals surface area contributed by atoms with Gasteiger partial charge in [0.05, 0.1) is 18.2 Å². The molecular weight excluding hydrogens is 300 g/mol. The van der Waals surface area contributed by atoms with Crippen LogP contribution in [0.25, 0.3) is 10.8 Å². The smallest absolute Gasteiger partial charge is 0.338 e. The number of hydrogen-bond donors (Lipinski definition) is 1. The van der Waals surface area contributed by atoms with E-state index in [1.165, 1.54) is 19.2 Å². The third-order valence-corrected chi connectivity index (χ3v) is 3.29. The summed E-state index contributed by atoms with van der Waals surface area (Å²) in [5.41, 5.74) is -0.0168. The van der Waals surface area contributed by atoms with E-state index in [0.29, 0.717) is 0 Å². The van der Waals surface area contributed by atoms with E-state index in [9.17, 15) is 9.59 Å². The van der Waals surface area contributed by atoms with Crippen LogP contribution in [0, 0.1) is 0 Å². The number of carbonyl (C=O) groups excluding carboxylic acids is 1. The Labute approximate surface area is 111 Å². The van der Waals surface area contributed by atoms with Gasteiger partial charge >= 0.3 is 11.9 Å². The SMILES string of the molecule is COC(=O)c1cc2cccc(Br)c2cc1C(=O)O. The third-order valence-electron chi connectivity index (χ3n) is 2.60. The van der Waals surface area contributed by atoms with Gasteiger partial charge < -0.3 is 9.84 Å². The number of carboxylic acids is 1. The number of fused-ring (bicyclic) bond motifs is 1. The summed E-state index contributed by atoms with van der Waals surface area (Å²) in [5, 5.41) is 10.6. The summed E-state index contributed by atoms with van der Waals surface area (Å²) in [6.45, 7) is 0. The summed E-state index contributed by atoms with van der Waals surface area (Å²) in [5.74, 6) is -1.82.